The van der Waals surface area contributed by atoms with Crippen LogP contribution in [0.1, 0.15) is 115 Å². The number of hydrogen-bond donors (Lipinski definition) is 2. The Kier molecular flexibility index (Phi) is 14.0. The minimum atomic E-state index is -0.0688. The number of unbranched alkanes of at least 4 members (excludes halogenated alkanes) is 14. The molecule has 33 heavy (non-hydrogen) atoms. The van der Waals surface area contributed by atoms with Gasteiger partial charge in [0.2, 0.25) is 5.91 Å². The van der Waals surface area contributed by atoms with Gasteiger partial charge >= 0.3 is 0 Å². The van der Waals surface area contributed by atoms with Crippen molar-refractivity contribution in [3.05, 3.63) is 42.0 Å². The van der Waals surface area contributed by atoms with Gasteiger partial charge in [-0.3, -0.25) is 4.79 Å². The molecule has 0 saturated carbocycles. The van der Waals surface area contributed by atoms with Gasteiger partial charge in [0.15, 0.2) is 0 Å². The summed E-state index contributed by atoms with van der Waals surface area (Å²) in [7, 11) is 0. The second-order valence-corrected chi connectivity index (χ2v) is 9.21. The number of hydrazone groups is 1. The summed E-state index contributed by atoms with van der Waals surface area (Å²) in [5.74, 6) is 0.0924. The molecular weight excluding hydrogens is 408 g/mol. The minimum absolute atomic E-state index is 0.0688. The quantitative estimate of drug-likeness (QED) is 0.136. The van der Waals surface area contributed by atoms with Crippen molar-refractivity contribution in [2.45, 2.75) is 110 Å². The number of phenols is 1. The first kappa shape index (κ1) is 26.9. The molecule has 4 nitrogen and oxygen atoms in total. The number of hydrogen-bond acceptors (Lipinski definition) is 3. The maximum absolute atomic E-state index is 12.0. The smallest absolute Gasteiger partial charge is 0.240 e. The first-order chi connectivity index (χ1) is 16.2. The van der Waals surface area contributed by atoms with Crippen LogP contribution in [-0.2, 0) is 4.79 Å². The minimum Gasteiger partial charge on any atom is -0.507 e. The van der Waals surface area contributed by atoms with E-state index in [0.717, 1.165) is 23.6 Å². The fourth-order valence-corrected chi connectivity index (χ4v) is 4.30. The van der Waals surface area contributed by atoms with Crippen LogP contribution in [0.15, 0.2) is 41.5 Å². The molecule has 2 aromatic carbocycles. The molecule has 4 heteroatoms. The zero-order valence-electron chi connectivity index (χ0n) is 20.7. The molecule has 0 radical (unpaired) electrons. The van der Waals surface area contributed by atoms with E-state index in [4.69, 9.17) is 0 Å². The molecule has 0 unspecified atom stereocenters. The van der Waals surface area contributed by atoms with Gasteiger partial charge in [0.25, 0.3) is 0 Å². The standard InChI is InChI=1S/C29H44N2O2/c1-2-3-4-5-6-7-8-9-10-11-12-13-14-15-16-21-29(33)31-30-24-27-26-20-18-17-19-25(26)22-23-28(27)32/h17-20,22-24,32H,2-16,21H2,1H3,(H,31,33)/b30-24-. The summed E-state index contributed by atoms with van der Waals surface area (Å²) < 4.78 is 0. The van der Waals surface area contributed by atoms with Gasteiger partial charge in [0.1, 0.15) is 5.75 Å². The molecule has 0 aromatic heterocycles. The van der Waals surface area contributed by atoms with E-state index < -0.39 is 0 Å². The SMILES string of the molecule is CCCCCCCCCCCCCCCCCC(=O)N/N=C\c1c(O)ccc2ccccc12. The zero-order valence-corrected chi connectivity index (χ0v) is 20.7. The lowest BCUT2D eigenvalue weighted by Gasteiger charge is -2.05. The molecule has 0 spiro atoms. The van der Waals surface area contributed by atoms with Crippen molar-refractivity contribution in [2.75, 3.05) is 0 Å². The van der Waals surface area contributed by atoms with Crippen LogP contribution in [-0.4, -0.2) is 17.2 Å². The van der Waals surface area contributed by atoms with Gasteiger partial charge in [0.05, 0.1) is 6.21 Å². The number of benzene rings is 2. The van der Waals surface area contributed by atoms with Crippen LogP contribution in [0.2, 0.25) is 0 Å². The molecule has 0 aliphatic carbocycles. The van der Waals surface area contributed by atoms with Gasteiger partial charge in [-0.15, -0.1) is 0 Å². The number of carbonyl (C=O) groups excluding carboxylic acids is 1. The van der Waals surface area contributed by atoms with Crippen LogP contribution in [0.3, 0.4) is 0 Å². The topological polar surface area (TPSA) is 61.7 Å². The lowest BCUT2D eigenvalue weighted by Crippen LogP contribution is -2.16. The van der Waals surface area contributed by atoms with Crippen molar-refractivity contribution in [1.29, 1.82) is 0 Å². The number of rotatable bonds is 18. The number of phenolic OH excluding ortho intramolecular Hbond substituents is 1. The molecule has 0 heterocycles. The molecule has 2 rings (SSSR count). The summed E-state index contributed by atoms with van der Waals surface area (Å²) in [5.41, 5.74) is 3.22. The number of amides is 1. The molecule has 0 fully saturated rings. The van der Waals surface area contributed by atoms with E-state index in [1.165, 1.54) is 89.7 Å². The van der Waals surface area contributed by atoms with Crippen LogP contribution >= 0.6 is 0 Å². The highest BCUT2D eigenvalue weighted by molar-refractivity contribution is 6.02. The van der Waals surface area contributed by atoms with Crippen molar-refractivity contribution in [2.24, 2.45) is 5.10 Å². The van der Waals surface area contributed by atoms with Crippen molar-refractivity contribution in [1.82, 2.24) is 5.43 Å². The van der Waals surface area contributed by atoms with Gasteiger partial charge < -0.3 is 5.11 Å². The Morgan fingerprint density at radius 3 is 1.94 bits per heavy atom. The third-order valence-corrected chi connectivity index (χ3v) is 6.34. The first-order valence-electron chi connectivity index (χ1n) is 13.2. The molecule has 0 aliphatic rings. The average molecular weight is 453 g/mol. The maximum atomic E-state index is 12.0. The second-order valence-electron chi connectivity index (χ2n) is 9.21. The van der Waals surface area contributed by atoms with E-state index in [0.29, 0.717) is 12.0 Å². The molecule has 2 aromatic rings. The molecule has 0 bridgehead atoms. The number of aromatic hydroxyl groups is 1. The van der Waals surface area contributed by atoms with Crippen molar-refractivity contribution >= 4 is 22.9 Å². The second kappa shape index (κ2) is 17.2. The third-order valence-electron chi connectivity index (χ3n) is 6.34. The van der Waals surface area contributed by atoms with Crippen molar-refractivity contribution < 1.29 is 9.90 Å². The van der Waals surface area contributed by atoms with Crippen molar-refractivity contribution in [3.63, 3.8) is 0 Å². The van der Waals surface area contributed by atoms with E-state index in [1.807, 2.05) is 30.3 Å². The van der Waals surface area contributed by atoms with Gasteiger partial charge in [-0.25, -0.2) is 5.43 Å². The molecule has 2 N–H and O–H groups in total. The summed E-state index contributed by atoms with van der Waals surface area (Å²) in [5, 5.41) is 16.1. The number of carbonyl (C=O) groups is 1. The summed E-state index contributed by atoms with van der Waals surface area (Å²) in [4.78, 5) is 12.0. The summed E-state index contributed by atoms with van der Waals surface area (Å²) in [6.07, 6.45) is 21.8. The summed E-state index contributed by atoms with van der Waals surface area (Å²) >= 11 is 0. The Bertz CT molecular complexity index is 831. The maximum Gasteiger partial charge on any atom is 0.240 e. The van der Waals surface area contributed by atoms with Gasteiger partial charge in [-0.1, -0.05) is 127 Å². The Morgan fingerprint density at radius 1 is 0.788 bits per heavy atom. The number of nitrogens with zero attached hydrogens (tertiary/aromatic N) is 1. The highest BCUT2D eigenvalue weighted by Crippen LogP contribution is 2.25. The monoisotopic (exact) mass is 452 g/mol. The highest BCUT2D eigenvalue weighted by Gasteiger charge is 2.05. The Balaban J connectivity index is 1.46. The Hall–Kier alpha value is -2.36. The summed E-state index contributed by atoms with van der Waals surface area (Å²) in [6, 6.07) is 11.3. The van der Waals surface area contributed by atoms with E-state index >= 15 is 0 Å². The molecule has 0 saturated heterocycles. The van der Waals surface area contributed by atoms with Gasteiger partial charge in [0, 0.05) is 12.0 Å². The Morgan fingerprint density at radius 2 is 1.33 bits per heavy atom. The van der Waals surface area contributed by atoms with Crippen LogP contribution in [0.25, 0.3) is 10.8 Å². The molecule has 0 atom stereocenters. The largest absolute Gasteiger partial charge is 0.507 e. The summed E-state index contributed by atoms with van der Waals surface area (Å²) in [6.45, 7) is 2.27. The lowest BCUT2D eigenvalue weighted by atomic mass is 10.0. The predicted octanol–water partition coefficient (Wildman–Crippen LogP) is 8.26. The fraction of sp³-hybridized carbons (Fsp3) is 0.586. The lowest BCUT2D eigenvalue weighted by molar-refractivity contribution is -0.121. The molecule has 0 aliphatic heterocycles. The average Bonchev–Trinajstić information content (AvgIpc) is 2.83. The van der Waals surface area contributed by atoms with Gasteiger partial charge in [-0.05, 0) is 23.3 Å². The fourth-order valence-electron chi connectivity index (χ4n) is 4.30. The highest BCUT2D eigenvalue weighted by atomic mass is 16.3. The van der Waals surface area contributed by atoms with Crippen LogP contribution in [0.5, 0.6) is 5.75 Å². The molecular formula is C29H44N2O2. The van der Waals surface area contributed by atoms with Gasteiger partial charge in [-0.2, -0.15) is 5.10 Å². The van der Waals surface area contributed by atoms with Crippen LogP contribution in [0.4, 0.5) is 0 Å². The van der Waals surface area contributed by atoms with Crippen LogP contribution in [0, 0.1) is 0 Å². The van der Waals surface area contributed by atoms with Crippen LogP contribution < -0.4 is 5.43 Å². The number of nitrogens with one attached hydrogen (secondary N) is 1. The molecule has 1 amide bonds. The predicted molar refractivity (Wildman–Crippen MR) is 141 cm³/mol. The third kappa shape index (κ3) is 11.4. The van der Waals surface area contributed by atoms with Crippen molar-refractivity contribution in [3.8, 4) is 5.75 Å². The zero-order chi connectivity index (χ0) is 23.6. The van der Waals surface area contributed by atoms with E-state index in [-0.39, 0.29) is 11.7 Å². The van der Waals surface area contributed by atoms with E-state index in [2.05, 4.69) is 17.5 Å². The normalized spacial score (nSPS) is 11.4. The number of fused-ring (bicyclic) bond motifs is 1. The Labute approximate surface area is 200 Å². The van der Waals surface area contributed by atoms with E-state index in [1.54, 1.807) is 6.07 Å². The van der Waals surface area contributed by atoms with E-state index in [9.17, 15) is 9.90 Å². The molecule has 182 valence electrons. The first-order valence-corrected chi connectivity index (χ1v) is 13.2.